The van der Waals surface area contributed by atoms with Crippen molar-refractivity contribution in [3.05, 3.63) is 41.5 Å². The zero-order chi connectivity index (χ0) is 17.0. The van der Waals surface area contributed by atoms with Crippen molar-refractivity contribution in [2.75, 3.05) is 0 Å². The number of nitrogens with one attached hydrogen (secondary N) is 2. The fourth-order valence-corrected chi connectivity index (χ4v) is 2.12. The maximum absolute atomic E-state index is 12.2. The highest BCUT2D eigenvalue weighted by Crippen LogP contribution is 2.30. The Hall–Kier alpha value is -2.18. The van der Waals surface area contributed by atoms with Gasteiger partial charge in [0, 0.05) is 5.56 Å². The van der Waals surface area contributed by atoms with Gasteiger partial charge in [0.15, 0.2) is 0 Å². The Balaban J connectivity index is 2.05. The van der Waals surface area contributed by atoms with Gasteiger partial charge in [-0.3, -0.25) is 14.8 Å². The van der Waals surface area contributed by atoms with Gasteiger partial charge in [0.25, 0.3) is 11.8 Å². The molecule has 1 aromatic carbocycles. The third kappa shape index (κ3) is 4.91. The molecule has 0 aromatic heterocycles. The van der Waals surface area contributed by atoms with Gasteiger partial charge in [-0.2, -0.15) is 0 Å². The number of rotatable bonds is 6. The number of carbonyl (C=O) groups is 2. The highest BCUT2D eigenvalue weighted by atomic mass is 16.5. The van der Waals surface area contributed by atoms with Crippen molar-refractivity contribution in [1.82, 2.24) is 10.8 Å². The van der Waals surface area contributed by atoms with Crippen LogP contribution in [0.15, 0.2) is 30.3 Å². The number of hydrogen-bond acceptors (Lipinski definition) is 4. The van der Waals surface area contributed by atoms with Gasteiger partial charge in [-0.25, -0.2) is 5.48 Å². The lowest BCUT2D eigenvalue weighted by Crippen LogP contribution is -2.57. The maximum Gasteiger partial charge on any atom is 0.268 e. The first-order chi connectivity index (χ1) is 10.8. The van der Waals surface area contributed by atoms with Crippen LogP contribution in [0.3, 0.4) is 0 Å². The summed E-state index contributed by atoms with van der Waals surface area (Å²) in [7, 11) is 0. The van der Waals surface area contributed by atoms with Crippen LogP contribution in [0.5, 0.6) is 0 Å². The van der Waals surface area contributed by atoms with Crippen molar-refractivity contribution in [2.45, 2.75) is 38.3 Å². The molecule has 0 spiro atoms. The highest BCUT2D eigenvalue weighted by molar-refractivity contribution is 5.97. The quantitative estimate of drug-likeness (QED) is 0.472. The largest absolute Gasteiger partial charge is 0.388 e. The minimum absolute atomic E-state index is 0.369. The number of hydrogen-bond donors (Lipinski definition) is 4. The van der Waals surface area contributed by atoms with Gasteiger partial charge in [-0.15, -0.1) is 0 Å². The Morgan fingerprint density at radius 3 is 2.35 bits per heavy atom. The molecule has 23 heavy (non-hydrogen) atoms. The van der Waals surface area contributed by atoms with Gasteiger partial charge >= 0.3 is 0 Å². The van der Waals surface area contributed by atoms with E-state index in [4.69, 9.17) is 5.21 Å². The minimum Gasteiger partial charge on any atom is -0.388 e. The summed E-state index contributed by atoms with van der Waals surface area (Å²) in [5.74, 6) is -0.698. The molecule has 4 N–H and O–H groups in total. The van der Waals surface area contributed by atoms with Crippen LogP contribution >= 0.6 is 0 Å². The van der Waals surface area contributed by atoms with E-state index in [1.165, 1.54) is 32.2 Å². The smallest absolute Gasteiger partial charge is 0.268 e. The molecule has 124 valence electrons. The van der Waals surface area contributed by atoms with E-state index in [9.17, 15) is 14.7 Å². The van der Waals surface area contributed by atoms with Gasteiger partial charge in [0.1, 0.15) is 6.04 Å². The molecule has 6 nitrogen and oxygen atoms in total. The van der Waals surface area contributed by atoms with Crippen LogP contribution in [0.4, 0.5) is 0 Å². The van der Waals surface area contributed by atoms with E-state index in [0.29, 0.717) is 11.5 Å². The average Bonchev–Trinajstić information content (AvgIpc) is 3.33. The molecule has 0 radical (unpaired) electrons. The fraction of sp³-hybridized carbons (Fsp3) is 0.412. The highest BCUT2D eigenvalue weighted by Gasteiger charge is 2.34. The Bertz CT molecular complexity index is 598. The Morgan fingerprint density at radius 2 is 1.87 bits per heavy atom. The summed E-state index contributed by atoms with van der Waals surface area (Å²) in [4.78, 5) is 23.8. The second-order valence-electron chi connectivity index (χ2n) is 6.35. The normalized spacial score (nSPS) is 16.2. The van der Waals surface area contributed by atoms with E-state index >= 15 is 0 Å². The number of carbonyl (C=O) groups excluding carboxylic acids is 2. The first-order valence-electron chi connectivity index (χ1n) is 7.56. The topological polar surface area (TPSA) is 98.7 Å². The van der Waals surface area contributed by atoms with Crippen LogP contribution in [0, 0.1) is 5.92 Å². The molecule has 1 saturated carbocycles. The number of allylic oxidation sites excluding steroid dienone is 1. The van der Waals surface area contributed by atoms with E-state index < -0.39 is 23.5 Å². The number of amides is 2. The number of aliphatic hydroxyl groups is 1. The summed E-state index contributed by atoms with van der Waals surface area (Å²) in [5, 5.41) is 21.1. The lowest BCUT2D eigenvalue weighted by atomic mass is 9.97. The molecule has 6 heteroatoms. The zero-order valence-corrected chi connectivity index (χ0v) is 13.2. The second kappa shape index (κ2) is 6.93. The van der Waals surface area contributed by atoms with Gasteiger partial charge in [0.05, 0.1) is 5.60 Å². The molecule has 2 amide bonds. The lowest BCUT2D eigenvalue weighted by molar-refractivity contribution is -0.136. The molecular weight excluding hydrogens is 296 g/mol. The molecule has 1 aliphatic carbocycles. The summed E-state index contributed by atoms with van der Waals surface area (Å²) >= 11 is 0. The number of hydroxylamine groups is 1. The van der Waals surface area contributed by atoms with E-state index in [1.807, 2.05) is 18.2 Å². The molecule has 0 saturated heterocycles. The van der Waals surface area contributed by atoms with Gasteiger partial charge in [-0.1, -0.05) is 24.3 Å². The van der Waals surface area contributed by atoms with Crippen LogP contribution in [0.1, 0.15) is 42.6 Å². The third-order valence-corrected chi connectivity index (χ3v) is 3.71. The van der Waals surface area contributed by atoms with Gasteiger partial charge < -0.3 is 10.4 Å². The molecule has 1 fully saturated rings. The van der Waals surface area contributed by atoms with Crippen molar-refractivity contribution < 1.29 is 19.9 Å². The van der Waals surface area contributed by atoms with Crippen LogP contribution in [-0.2, 0) is 4.79 Å². The first kappa shape index (κ1) is 17.2. The van der Waals surface area contributed by atoms with Gasteiger partial charge in [0.2, 0.25) is 0 Å². The Labute approximate surface area is 135 Å². The van der Waals surface area contributed by atoms with E-state index in [-0.39, 0.29) is 0 Å². The summed E-state index contributed by atoms with van der Waals surface area (Å²) in [6.07, 6.45) is 6.66. The SMILES string of the molecule is CC(C)(O)[C@H](NC(=O)c1ccc(/C=C/C2CC2)cc1)C(=O)NO. The molecule has 1 aliphatic rings. The van der Waals surface area contributed by atoms with Gasteiger partial charge in [-0.05, 0) is 50.3 Å². The molecule has 0 unspecified atom stereocenters. The lowest BCUT2D eigenvalue weighted by Gasteiger charge is -2.28. The summed E-state index contributed by atoms with van der Waals surface area (Å²) < 4.78 is 0. The second-order valence-corrected chi connectivity index (χ2v) is 6.35. The van der Waals surface area contributed by atoms with Crippen molar-refractivity contribution in [3.8, 4) is 0 Å². The van der Waals surface area contributed by atoms with Crippen molar-refractivity contribution in [2.24, 2.45) is 5.92 Å². The molecule has 0 heterocycles. The Morgan fingerprint density at radius 1 is 1.26 bits per heavy atom. The molecule has 0 bridgehead atoms. The van der Waals surface area contributed by atoms with Crippen molar-refractivity contribution in [1.29, 1.82) is 0 Å². The average molecular weight is 318 g/mol. The van der Waals surface area contributed by atoms with Crippen molar-refractivity contribution >= 4 is 17.9 Å². The van der Waals surface area contributed by atoms with E-state index in [0.717, 1.165) is 5.56 Å². The standard InChI is InChI=1S/C17H22N2O4/c1-17(2,22)14(16(21)19-23)18-15(20)13-9-7-12(8-10-13)6-5-11-3-4-11/h5-11,14,22-23H,3-4H2,1-2H3,(H,18,20)(H,19,21)/b6-5+/t14-/m1/s1. The predicted octanol–water partition coefficient (Wildman–Crippen LogP) is 1.48. The van der Waals surface area contributed by atoms with E-state index in [1.54, 1.807) is 12.1 Å². The molecular formula is C17H22N2O4. The summed E-state index contributed by atoms with van der Waals surface area (Å²) in [5.41, 5.74) is 1.30. The molecule has 1 atom stereocenters. The molecule has 2 rings (SSSR count). The third-order valence-electron chi connectivity index (χ3n) is 3.71. The van der Waals surface area contributed by atoms with Crippen LogP contribution in [-0.4, -0.2) is 33.8 Å². The minimum atomic E-state index is -1.52. The maximum atomic E-state index is 12.2. The zero-order valence-electron chi connectivity index (χ0n) is 13.2. The number of benzene rings is 1. The van der Waals surface area contributed by atoms with Crippen LogP contribution in [0.2, 0.25) is 0 Å². The monoisotopic (exact) mass is 318 g/mol. The molecule has 1 aromatic rings. The first-order valence-corrected chi connectivity index (χ1v) is 7.56. The van der Waals surface area contributed by atoms with Crippen LogP contribution < -0.4 is 10.8 Å². The Kier molecular flexibility index (Phi) is 5.18. The fourth-order valence-electron chi connectivity index (χ4n) is 2.12. The molecule has 0 aliphatic heterocycles. The summed E-state index contributed by atoms with van der Waals surface area (Å²) in [6.45, 7) is 2.75. The predicted molar refractivity (Wildman–Crippen MR) is 85.7 cm³/mol. The summed E-state index contributed by atoms with van der Waals surface area (Å²) in [6, 6.07) is 5.67. The van der Waals surface area contributed by atoms with Crippen molar-refractivity contribution in [3.63, 3.8) is 0 Å². The van der Waals surface area contributed by atoms with Crippen LogP contribution in [0.25, 0.3) is 6.08 Å². The van der Waals surface area contributed by atoms with E-state index in [2.05, 4.69) is 11.4 Å².